The molecule has 0 radical (unpaired) electrons. The first-order valence-electron chi connectivity index (χ1n) is 6.28. The number of carbonyl (C=O) groups is 2. The fraction of sp³-hybridized carbons (Fsp3) is 0.429. The Labute approximate surface area is 116 Å². The van der Waals surface area contributed by atoms with Gasteiger partial charge in [-0.3, -0.25) is 9.59 Å². The minimum Gasteiger partial charge on any atom is -0.469 e. The summed E-state index contributed by atoms with van der Waals surface area (Å²) in [4.78, 5) is 23.6. The summed E-state index contributed by atoms with van der Waals surface area (Å²) in [5.74, 6) is -1.64. The summed E-state index contributed by atoms with van der Waals surface area (Å²) >= 11 is 0. The molecule has 6 nitrogen and oxygen atoms in total. The smallest absolute Gasteiger partial charge is 0.325 e. The van der Waals surface area contributed by atoms with Gasteiger partial charge in [0.25, 0.3) is 0 Å². The molecule has 1 aliphatic rings. The van der Waals surface area contributed by atoms with Crippen molar-refractivity contribution >= 4 is 11.9 Å². The Morgan fingerprint density at radius 1 is 1.15 bits per heavy atom. The summed E-state index contributed by atoms with van der Waals surface area (Å²) in [6, 6.07) is 7.56. The predicted octanol–water partition coefficient (Wildman–Crippen LogP) is 1.15. The van der Waals surface area contributed by atoms with Crippen LogP contribution in [0, 0.1) is 5.92 Å². The van der Waals surface area contributed by atoms with E-state index in [1.165, 1.54) is 14.2 Å². The van der Waals surface area contributed by atoms with Gasteiger partial charge in [0.2, 0.25) is 0 Å². The van der Waals surface area contributed by atoms with Gasteiger partial charge in [-0.15, -0.1) is 0 Å². The average molecular weight is 279 g/mol. The Hall–Kier alpha value is -1.92. The van der Waals surface area contributed by atoms with Crippen molar-refractivity contribution in [1.29, 1.82) is 0 Å². The van der Waals surface area contributed by atoms with Crippen LogP contribution in [-0.2, 0) is 19.1 Å². The first kappa shape index (κ1) is 14.5. The summed E-state index contributed by atoms with van der Waals surface area (Å²) in [6.07, 6.45) is 0.162. The molecule has 20 heavy (non-hydrogen) atoms. The molecule has 1 fully saturated rings. The van der Waals surface area contributed by atoms with Gasteiger partial charge >= 0.3 is 11.9 Å². The molecule has 0 aromatic heterocycles. The van der Waals surface area contributed by atoms with Crippen molar-refractivity contribution < 1.29 is 24.3 Å². The van der Waals surface area contributed by atoms with Crippen molar-refractivity contribution in [3.05, 3.63) is 35.9 Å². The third-order valence-electron chi connectivity index (χ3n) is 3.58. The number of hydrogen-bond acceptors (Lipinski definition) is 6. The molecular weight excluding hydrogens is 262 g/mol. The Morgan fingerprint density at radius 3 is 2.30 bits per heavy atom. The van der Waals surface area contributed by atoms with E-state index >= 15 is 0 Å². The number of rotatable bonds is 3. The van der Waals surface area contributed by atoms with E-state index in [1.807, 2.05) is 18.2 Å². The SMILES string of the molecule is COC(=O)[C@H]1C[C@@H](C(=O)OC)N(O)[C@H]1c1ccccc1. The lowest BCUT2D eigenvalue weighted by Gasteiger charge is -2.24. The number of methoxy groups -OCH3 is 2. The number of ether oxygens (including phenoxy) is 2. The molecule has 108 valence electrons. The predicted molar refractivity (Wildman–Crippen MR) is 68.7 cm³/mol. The standard InChI is InChI=1S/C14H17NO5/c1-19-13(16)10-8-11(14(17)20-2)15(18)12(10)9-6-4-3-5-7-9/h3-7,10-12,18H,8H2,1-2H3/t10-,11-,12-/m0/s1. The summed E-state index contributed by atoms with van der Waals surface area (Å²) in [6.45, 7) is 0. The molecular formula is C14H17NO5. The number of hydrogen-bond donors (Lipinski definition) is 1. The summed E-state index contributed by atoms with van der Waals surface area (Å²) in [5, 5.41) is 11.1. The van der Waals surface area contributed by atoms with Crippen LogP contribution in [0.3, 0.4) is 0 Å². The maximum absolute atomic E-state index is 11.9. The summed E-state index contributed by atoms with van der Waals surface area (Å²) in [7, 11) is 2.54. The second-order valence-corrected chi connectivity index (χ2v) is 4.64. The van der Waals surface area contributed by atoms with E-state index in [-0.39, 0.29) is 6.42 Å². The molecule has 6 heteroatoms. The van der Waals surface area contributed by atoms with Crippen LogP contribution in [0.25, 0.3) is 0 Å². The van der Waals surface area contributed by atoms with Crippen molar-refractivity contribution in [2.24, 2.45) is 5.92 Å². The zero-order valence-corrected chi connectivity index (χ0v) is 11.4. The Bertz CT molecular complexity index is 490. The van der Waals surface area contributed by atoms with E-state index < -0.39 is 29.9 Å². The minimum absolute atomic E-state index is 0.162. The van der Waals surface area contributed by atoms with Crippen molar-refractivity contribution in [2.75, 3.05) is 14.2 Å². The van der Waals surface area contributed by atoms with E-state index in [0.717, 1.165) is 10.6 Å². The molecule has 1 saturated heterocycles. The van der Waals surface area contributed by atoms with Crippen molar-refractivity contribution in [3.63, 3.8) is 0 Å². The zero-order valence-electron chi connectivity index (χ0n) is 11.4. The highest BCUT2D eigenvalue weighted by Crippen LogP contribution is 2.40. The van der Waals surface area contributed by atoms with E-state index in [4.69, 9.17) is 4.74 Å². The monoisotopic (exact) mass is 279 g/mol. The number of benzene rings is 1. The van der Waals surface area contributed by atoms with E-state index in [2.05, 4.69) is 4.74 Å². The number of nitrogens with zero attached hydrogens (tertiary/aromatic N) is 1. The first-order valence-corrected chi connectivity index (χ1v) is 6.28. The highest BCUT2D eigenvalue weighted by Gasteiger charge is 2.49. The molecule has 0 spiro atoms. The molecule has 0 aliphatic carbocycles. The quantitative estimate of drug-likeness (QED) is 0.837. The second kappa shape index (κ2) is 6.02. The number of carbonyl (C=O) groups excluding carboxylic acids is 2. The Balaban J connectivity index is 2.34. The Morgan fingerprint density at radius 2 is 1.75 bits per heavy atom. The van der Waals surface area contributed by atoms with Crippen LogP contribution in [0.1, 0.15) is 18.0 Å². The fourth-order valence-electron chi connectivity index (χ4n) is 2.61. The van der Waals surface area contributed by atoms with Crippen LogP contribution in [0.2, 0.25) is 0 Å². The van der Waals surface area contributed by atoms with Crippen LogP contribution in [0.4, 0.5) is 0 Å². The van der Waals surface area contributed by atoms with Crippen LogP contribution in [0.15, 0.2) is 30.3 Å². The molecule has 1 aromatic carbocycles. The highest BCUT2D eigenvalue weighted by molar-refractivity contribution is 5.80. The van der Waals surface area contributed by atoms with Crippen LogP contribution in [0.5, 0.6) is 0 Å². The molecule has 1 aliphatic heterocycles. The number of esters is 2. The molecule has 0 unspecified atom stereocenters. The van der Waals surface area contributed by atoms with Gasteiger partial charge in [-0.05, 0) is 12.0 Å². The molecule has 0 amide bonds. The largest absolute Gasteiger partial charge is 0.469 e. The van der Waals surface area contributed by atoms with E-state index in [1.54, 1.807) is 12.1 Å². The van der Waals surface area contributed by atoms with Gasteiger partial charge in [0.15, 0.2) is 0 Å². The van der Waals surface area contributed by atoms with Crippen LogP contribution < -0.4 is 0 Å². The molecule has 3 atom stereocenters. The van der Waals surface area contributed by atoms with Gasteiger partial charge in [0.05, 0.1) is 26.2 Å². The lowest BCUT2D eigenvalue weighted by Crippen LogP contribution is -2.36. The van der Waals surface area contributed by atoms with Gasteiger partial charge in [0.1, 0.15) is 6.04 Å². The molecule has 2 rings (SSSR count). The maximum Gasteiger partial charge on any atom is 0.325 e. The first-order chi connectivity index (χ1) is 9.60. The third kappa shape index (κ3) is 2.52. The van der Waals surface area contributed by atoms with Crippen molar-refractivity contribution in [1.82, 2.24) is 5.06 Å². The zero-order chi connectivity index (χ0) is 14.7. The van der Waals surface area contributed by atoms with Crippen molar-refractivity contribution in [3.8, 4) is 0 Å². The lowest BCUT2D eigenvalue weighted by molar-refractivity contribution is -0.177. The van der Waals surface area contributed by atoms with Crippen LogP contribution >= 0.6 is 0 Å². The second-order valence-electron chi connectivity index (χ2n) is 4.64. The van der Waals surface area contributed by atoms with Gasteiger partial charge in [-0.1, -0.05) is 30.3 Å². The molecule has 1 aromatic rings. The number of hydroxylamine groups is 2. The minimum atomic E-state index is -0.866. The molecule has 1 N–H and O–H groups in total. The highest BCUT2D eigenvalue weighted by atomic mass is 16.5. The average Bonchev–Trinajstić information content (AvgIpc) is 2.84. The Kier molecular flexibility index (Phi) is 4.36. The normalized spacial score (nSPS) is 26.2. The molecule has 0 bridgehead atoms. The van der Waals surface area contributed by atoms with Gasteiger partial charge in [-0.25, -0.2) is 0 Å². The maximum atomic E-state index is 11.9. The van der Waals surface area contributed by atoms with Crippen LogP contribution in [-0.4, -0.2) is 42.5 Å². The van der Waals surface area contributed by atoms with Gasteiger partial charge in [0, 0.05) is 0 Å². The fourth-order valence-corrected chi connectivity index (χ4v) is 2.61. The third-order valence-corrected chi connectivity index (χ3v) is 3.58. The topological polar surface area (TPSA) is 76.1 Å². The van der Waals surface area contributed by atoms with E-state index in [9.17, 15) is 14.8 Å². The molecule has 1 heterocycles. The van der Waals surface area contributed by atoms with Gasteiger partial charge in [-0.2, -0.15) is 5.06 Å². The van der Waals surface area contributed by atoms with E-state index in [0.29, 0.717) is 0 Å². The summed E-state index contributed by atoms with van der Waals surface area (Å²) < 4.78 is 9.42. The van der Waals surface area contributed by atoms with Crippen molar-refractivity contribution in [2.45, 2.75) is 18.5 Å². The summed E-state index contributed by atoms with van der Waals surface area (Å²) in [5.41, 5.74) is 0.747. The van der Waals surface area contributed by atoms with Gasteiger partial charge < -0.3 is 14.7 Å². The lowest BCUT2D eigenvalue weighted by atomic mass is 9.93. The molecule has 0 saturated carbocycles.